The number of ether oxygens (including phenoxy) is 2. The quantitative estimate of drug-likeness (QED) is 0.864. The van der Waals surface area contributed by atoms with Gasteiger partial charge in [0, 0.05) is 5.56 Å². The fourth-order valence-electron chi connectivity index (χ4n) is 3.23. The molecule has 123 valence electrons. The van der Waals surface area contributed by atoms with Gasteiger partial charge < -0.3 is 9.47 Å². The number of rotatable bonds is 3. The van der Waals surface area contributed by atoms with E-state index in [1.807, 2.05) is 24.3 Å². The third-order valence-corrected chi connectivity index (χ3v) is 4.73. The normalized spacial score (nSPS) is 19.9. The second-order valence-electron chi connectivity index (χ2n) is 6.35. The largest absolute Gasteiger partial charge is 0.496 e. The van der Waals surface area contributed by atoms with Gasteiger partial charge in [0.1, 0.15) is 23.8 Å². The van der Waals surface area contributed by atoms with Crippen LogP contribution < -0.4 is 14.5 Å². The van der Waals surface area contributed by atoms with Crippen molar-refractivity contribution in [3.63, 3.8) is 0 Å². The maximum atomic E-state index is 13.4. The van der Waals surface area contributed by atoms with Gasteiger partial charge >= 0.3 is 0 Å². The SMILES string of the molecule is COc1ccccc1C1(C(C)(C)C#N)COc2ccccc2N1[O]. The van der Waals surface area contributed by atoms with Gasteiger partial charge in [0.15, 0.2) is 5.54 Å². The minimum absolute atomic E-state index is 0.0639. The zero-order valence-corrected chi connectivity index (χ0v) is 13.9. The molecule has 0 bridgehead atoms. The number of nitriles is 1. The zero-order chi connectivity index (χ0) is 17.4. The lowest BCUT2D eigenvalue weighted by atomic mass is 9.68. The third kappa shape index (κ3) is 2.11. The van der Waals surface area contributed by atoms with Gasteiger partial charge in [-0.25, -0.2) is 5.06 Å². The van der Waals surface area contributed by atoms with Crippen LogP contribution in [0.15, 0.2) is 48.5 Å². The van der Waals surface area contributed by atoms with Crippen molar-refractivity contribution in [1.82, 2.24) is 0 Å². The minimum Gasteiger partial charge on any atom is -0.496 e. The number of hydrogen-bond donors (Lipinski definition) is 0. The van der Waals surface area contributed by atoms with Crippen LogP contribution in [0.25, 0.3) is 0 Å². The molecule has 1 atom stereocenters. The number of nitrogens with zero attached hydrogens (tertiary/aromatic N) is 2. The van der Waals surface area contributed by atoms with E-state index in [1.165, 1.54) is 0 Å². The summed E-state index contributed by atoms with van der Waals surface area (Å²) in [4.78, 5) is 0. The van der Waals surface area contributed by atoms with Gasteiger partial charge in [-0.2, -0.15) is 5.26 Å². The first-order valence-electron chi connectivity index (χ1n) is 7.72. The highest BCUT2D eigenvalue weighted by Gasteiger charge is 2.57. The molecule has 2 aromatic carbocycles. The number of hydroxylamine groups is 1. The van der Waals surface area contributed by atoms with Crippen LogP contribution in [0.1, 0.15) is 19.4 Å². The predicted octanol–water partition coefficient (Wildman–Crippen LogP) is 3.68. The molecule has 0 saturated carbocycles. The standard InChI is InChI=1S/C19H19N2O3/c1-18(2,12-20)19(14-8-4-6-10-16(14)23-3)13-24-17-11-7-5-9-15(17)21(19)22/h4-11H,13H2,1-3H3. The van der Waals surface area contributed by atoms with Crippen molar-refractivity contribution in [2.24, 2.45) is 5.41 Å². The number of hydrogen-bond acceptors (Lipinski definition) is 4. The van der Waals surface area contributed by atoms with Gasteiger partial charge in [-0.1, -0.05) is 35.5 Å². The van der Waals surface area contributed by atoms with E-state index >= 15 is 0 Å². The Bertz CT molecular complexity index is 797. The van der Waals surface area contributed by atoms with Crippen LogP contribution in [0, 0.1) is 16.7 Å². The van der Waals surface area contributed by atoms with Gasteiger partial charge in [0.05, 0.1) is 18.6 Å². The van der Waals surface area contributed by atoms with Crippen molar-refractivity contribution in [3.05, 3.63) is 54.1 Å². The van der Waals surface area contributed by atoms with Crippen molar-refractivity contribution in [2.45, 2.75) is 19.4 Å². The molecule has 2 aromatic rings. The molecule has 3 rings (SSSR count). The molecule has 5 nitrogen and oxygen atoms in total. The van der Waals surface area contributed by atoms with Gasteiger partial charge in [-0.3, -0.25) is 0 Å². The summed E-state index contributed by atoms with van der Waals surface area (Å²) >= 11 is 0. The Hall–Kier alpha value is -2.71. The topological polar surface area (TPSA) is 65.4 Å². The molecule has 1 aliphatic heterocycles. The van der Waals surface area contributed by atoms with Crippen LogP contribution >= 0.6 is 0 Å². The molecule has 5 heteroatoms. The lowest BCUT2D eigenvalue weighted by Gasteiger charge is -2.49. The molecule has 0 N–H and O–H groups in total. The minimum atomic E-state index is -1.22. The van der Waals surface area contributed by atoms with Gasteiger partial charge in [-0.05, 0) is 32.0 Å². The maximum Gasteiger partial charge on any atom is 0.151 e. The van der Waals surface area contributed by atoms with E-state index in [9.17, 15) is 10.5 Å². The first-order chi connectivity index (χ1) is 11.5. The fraction of sp³-hybridized carbons (Fsp3) is 0.316. The van der Waals surface area contributed by atoms with Crippen molar-refractivity contribution in [1.29, 1.82) is 5.26 Å². The molecule has 1 radical (unpaired) electrons. The van der Waals surface area contributed by atoms with E-state index in [2.05, 4.69) is 6.07 Å². The van der Waals surface area contributed by atoms with E-state index in [0.717, 1.165) is 5.06 Å². The van der Waals surface area contributed by atoms with Crippen LogP contribution in [0.2, 0.25) is 0 Å². The molecule has 0 spiro atoms. The smallest absolute Gasteiger partial charge is 0.151 e. The Kier molecular flexibility index (Phi) is 3.86. The highest BCUT2D eigenvalue weighted by molar-refractivity contribution is 5.63. The molecule has 0 fully saturated rings. The number of fused-ring (bicyclic) bond motifs is 1. The van der Waals surface area contributed by atoms with Crippen LogP contribution in [-0.4, -0.2) is 13.7 Å². The summed E-state index contributed by atoms with van der Waals surface area (Å²) in [6.07, 6.45) is 0. The predicted molar refractivity (Wildman–Crippen MR) is 89.2 cm³/mol. The van der Waals surface area contributed by atoms with Crippen LogP contribution in [0.4, 0.5) is 5.69 Å². The lowest BCUT2D eigenvalue weighted by Crippen LogP contribution is -2.59. The van der Waals surface area contributed by atoms with Gasteiger partial charge in [-0.15, -0.1) is 0 Å². The molecule has 0 amide bonds. The summed E-state index contributed by atoms with van der Waals surface area (Å²) in [5.41, 5.74) is -1.18. The average molecular weight is 323 g/mol. The van der Waals surface area contributed by atoms with E-state index in [0.29, 0.717) is 22.7 Å². The Morgan fingerprint density at radius 1 is 1.21 bits per heavy atom. The summed E-state index contributed by atoms with van der Waals surface area (Å²) in [5.74, 6) is 1.08. The Balaban J connectivity index is 2.29. The Morgan fingerprint density at radius 2 is 1.88 bits per heavy atom. The second kappa shape index (κ2) is 5.73. The van der Waals surface area contributed by atoms with Crippen molar-refractivity contribution < 1.29 is 14.7 Å². The molecular formula is C19H19N2O3. The molecular weight excluding hydrogens is 304 g/mol. The fourth-order valence-corrected chi connectivity index (χ4v) is 3.23. The summed E-state index contributed by atoms with van der Waals surface area (Å²) in [5, 5.41) is 24.1. The van der Waals surface area contributed by atoms with E-state index in [1.54, 1.807) is 45.2 Å². The van der Waals surface area contributed by atoms with Crippen LogP contribution in [0.5, 0.6) is 11.5 Å². The van der Waals surface area contributed by atoms with E-state index < -0.39 is 11.0 Å². The highest BCUT2D eigenvalue weighted by atomic mass is 16.5. The molecule has 0 saturated heterocycles. The summed E-state index contributed by atoms with van der Waals surface area (Å²) in [7, 11) is 1.55. The zero-order valence-electron chi connectivity index (χ0n) is 13.9. The molecule has 0 aromatic heterocycles. The van der Waals surface area contributed by atoms with Crippen molar-refractivity contribution in [3.8, 4) is 17.6 Å². The molecule has 1 heterocycles. The first kappa shape index (κ1) is 16.2. The second-order valence-corrected chi connectivity index (χ2v) is 6.35. The first-order valence-corrected chi connectivity index (χ1v) is 7.72. The van der Waals surface area contributed by atoms with E-state index in [4.69, 9.17) is 9.47 Å². The maximum absolute atomic E-state index is 13.4. The number of para-hydroxylation sites is 3. The van der Waals surface area contributed by atoms with Crippen molar-refractivity contribution in [2.75, 3.05) is 18.8 Å². The summed E-state index contributed by atoms with van der Waals surface area (Å²) < 4.78 is 11.4. The van der Waals surface area contributed by atoms with E-state index in [-0.39, 0.29) is 6.61 Å². The molecule has 24 heavy (non-hydrogen) atoms. The summed E-state index contributed by atoms with van der Waals surface area (Å²) in [6, 6.07) is 16.6. The Labute approximate surface area is 141 Å². The van der Waals surface area contributed by atoms with Crippen LogP contribution in [0.3, 0.4) is 0 Å². The third-order valence-electron chi connectivity index (χ3n) is 4.73. The number of methoxy groups -OCH3 is 1. The average Bonchev–Trinajstić information content (AvgIpc) is 2.62. The van der Waals surface area contributed by atoms with Gasteiger partial charge in [0.25, 0.3) is 0 Å². The lowest BCUT2D eigenvalue weighted by molar-refractivity contribution is -0.0167. The molecule has 0 aliphatic carbocycles. The Morgan fingerprint density at radius 3 is 2.58 bits per heavy atom. The monoisotopic (exact) mass is 323 g/mol. The number of benzene rings is 2. The number of anilines is 1. The highest BCUT2D eigenvalue weighted by Crippen LogP contribution is 2.52. The molecule has 1 aliphatic rings. The van der Waals surface area contributed by atoms with Crippen LogP contribution in [-0.2, 0) is 10.7 Å². The van der Waals surface area contributed by atoms with Crippen molar-refractivity contribution >= 4 is 5.69 Å². The molecule has 1 unspecified atom stereocenters. The van der Waals surface area contributed by atoms with Gasteiger partial charge in [0.2, 0.25) is 0 Å². The summed E-state index contributed by atoms with van der Waals surface area (Å²) in [6.45, 7) is 3.57.